The number of likely N-dealkylation sites (tertiary alicyclic amines) is 1. The zero-order valence-corrected chi connectivity index (χ0v) is 13.6. The smallest absolute Gasteiger partial charge is 0.240 e. The third kappa shape index (κ3) is 2.81. The maximum absolute atomic E-state index is 5.52. The summed E-state index contributed by atoms with van der Waals surface area (Å²) >= 11 is 1.68. The Morgan fingerprint density at radius 3 is 3.00 bits per heavy atom. The lowest BCUT2D eigenvalue weighted by molar-refractivity contribution is 0.247. The number of hydrogen-bond donors (Lipinski definition) is 2. The summed E-state index contributed by atoms with van der Waals surface area (Å²) in [5, 5.41) is 1.12. The molecule has 3 heterocycles. The average Bonchev–Trinajstić information content (AvgIpc) is 2.85. The maximum atomic E-state index is 5.52. The van der Waals surface area contributed by atoms with Gasteiger partial charge < -0.3 is 9.80 Å². The highest BCUT2D eigenvalue weighted by Gasteiger charge is 2.24. The first-order valence-corrected chi connectivity index (χ1v) is 8.06. The number of piperidine rings is 1. The molecule has 0 amide bonds. The average molecular weight is 306 g/mol. The van der Waals surface area contributed by atoms with Crippen LogP contribution in [-0.2, 0) is 0 Å². The zero-order chi connectivity index (χ0) is 15.0. The number of aryl methyl sites for hydroxylation is 1. The van der Waals surface area contributed by atoms with Crippen molar-refractivity contribution >= 4 is 33.3 Å². The van der Waals surface area contributed by atoms with Gasteiger partial charge in [0.2, 0.25) is 5.95 Å². The van der Waals surface area contributed by atoms with E-state index in [0.29, 0.717) is 12.0 Å². The van der Waals surface area contributed by atoms with Gasteiger partial charge in [-0.25, -0.2) is 10.8 Å². The number of anilines is 2. The van der Waals surface area contributed by atoms with E-state index < -0.39 is 0 Å². The Bertz CT molecular complexity index is 640. The first-order chi connectivity index (χ1) is 10.1. The molecule has 1 aliphatic heterocycles. The van der Waals surface area contributed by atoms with Crippen LogP contribution in [0, 0.1) is 6.92 Å². The van der Waals surface area contributed by atoms with Crippen LogP contribution in [0.15, 0.2) is 6.07 Å². The van der Waals surface area contributed by atoms with Crippen molar-refractivity contribution in [2.75, 3.05) is 37.5 Å². The highest BCUT2D eigenvalue weighted by molar-refractivity contribution is 7.18. The van der Waals surface area contributed by atoms with Crippen molar-refractivity contribution in [3.63, 3.8) is 0 Å². The summed E-state index contributed by atoms with van der Waals surface area (Å²) in [6.07, 6.45) is 2.42. The Morgan fingerprint density at radius 2 is 2.29 bits per heavy atom. The topological polar surface area (TPSA) is 70.3 Å². The van der Waals surface area contributed by atoms with Gasteiger partial charge in [-0.05, 0) is 39.4 Å². The molecule has 6 nitrogen and oxygen atoms in total. The van der Waals surface area contributed by atoms with Crippen LogP contribution in [0.3, 0.4) is 0 Å². The number of nitrogens with zero attached hydrogens (tertiary/aromatic N) is 4. The van der Waals surface area contributed by atoms with E-state index in [1.54, 1.807) is 11.3 Å². The van der Waals surface area contributed by atoms with E-state index in [-0.39, 0.29) is 0 Å². The van der Waals surface area contributed by atoms with Crippen molar-refractivity contribution in [2.24, 2.45) is 5.84 Å². The minimum absolute atomic E-state index is 0.479. The van der Waals surface area contributed by atoms with Gasteiger partial charge in [0.15, 0.2) is 0 Å². The number of fused-ring (bicyclic) bond motifs is 1. The second-order valence-corrected chi connectivity index (χ2v) is 7.00. The number of thiophene rings is 1. The van der Waals surface area contributed by atoms with Gasteiger partial charge in [-0.2, -0.15) is 4.98 Å². The second-order valence-electron chi connectivity index (χ2n) is 5.76. The molecular formula is C14H22N6S. The zero-order valence-electron chi connectivity index (χ0n) is 12.8. The molecule has 1 fully saturated rings. The Morgan fingerprint density at radius 1 is 1.48 bits per heavy atom. The highest BCUT2D eigenvalue weighted by Crippen LogP contribution is 2.32. The van der Waals surface area contributed by atoms with E-state index in [4.69, 9.17) is 5.84 Å². The summed E-state index contributed by atoms with van der Waals surface area (Å²) in [5.74, 6) is 6.97. The van der Waals surface area contributed by atoms with Gasteiger partial charge in [-0.3, -0.25) is 5.43 Å². The monoisotopic (exact) mass is 306 g/mol. The molecule has 2 aromatic rings. The van der Waals surface area contributed by atoms with Gasteiger partial charge in [0, 0.05) is 24.5 Å². The van der Waals surface area contributed by atoms with Crippen LogP contribution in [0.4, 0.5) is 11.8 Å². The van der Waals surface area contributed by atoms with Gasteiger partial charge in [-0.1, -0.05) is 0 Å². The minimum Gasteiger partial charge on any atom is -0.355 e. The third-order valence-corrected chi connectivity index (χ3v) is 5.05. The Kier molecular flexibility index (Phi) is 3.97. The second kappa shape index (κ2) is 5.75. The van der Waals surface area contributed by atoms with Crippen LogP contribution < -0.4 is 16.2 Å². The largest absolute Gasteiger partial charge is 0.355 e. The van der Waals surface area contributed by atoms with Crippen molar-refractivity contribution in [1.29, 1.82) is 0 Å². The summed E-state index contributed by atoms with van der Waals surface area (Å²) in [6, 6.07) is 2.64. The lowest BCUT2D eigenvalue weighted by Crippen LogP contribution is -2.45. The van der Waals surface area contributed by atoms with Crippen molar-refractivity contribution in [3.8, 4) is 0 Å². The molecule has 21 heavy (non-hydrogen) atoms. The summed E-state index contributed by atoms with van der Waals surface area (Å²) < 4.78 is 0. The van der Waals surface area contributed by atoms with Crippen molar-refractivity contribution in [2.45, 2.75) is 25.8 Å². The predicted octanol–water partition coefficient (Wildman–Crippen LogP) is 1.82. The fourth-order valence-corrected chi connectivity index (χ4v) is 3.86. The van der Waals surface area contributed by atoms with Crippen molar-refractivity contribution < 1.29 is 0 Å². The molecule has 7 heteroatoms. The molecule has 2 aromatic heterocycles. The molecule has 114 valence electrons. The van der Waals surface area contributed by atoms with Crippen LogP contribution in [0.5, 0.6) is 0 Å². The molecule has 1 saturated heterocycles. The van der Waals surface area contributed by atoms with Gasteiger partial charge >= 0.3 is 0 Å². The normalized spacial score (nSPS) is 19.9. The first-order valence-electron chi connectivity index (χ1n) is 7.24. The van der Waals surface area contributed by atoms with Crippen LogP contribution in [0.2, 0.25) is 0 Å². The fourth-order valence-electron chi connectivity index (χ4n) is 2.99. The van der Waals surface area contributed by atoms with E-state index in [9.17, 15) is 0 Å². The third-order valence-electron chi connectivity index (χ3n) is 4.11. The van der Waals surface area contributed by atoms with E-state index in [1.165, 1.54) is 24.3 Å². The number of hydrazine groups is 1. The quantitative estimate of drug-likeness (QED) is 0.666. The van der Waals surface area contributed by atoms with E-state index in [2.05, 4.69) is 52.3 Å². The molecule has 1 unspecified atom stereocenters. The molecule has 0 aromatic carbocycles. The molecule has 1 atom stereocenters. The van der Waals surface area contributed by atoms with Crippen LogP contribution in [0.25, 0.3) is 10.2 Å². The molecule has 3 rings (SSSR count). The number of likely N-dealkylation sites (N-methyl/N-ethyl adjacent to an activating group) is 2. The number of nitrogens with one attached hydrogen (secondary N) is 1. The Balaban J connectivity index is 2.01. The summed E-state index contributed by atoms with van der Waals surface area (Å²) in [7, 11) is 4.30. The fraction of sp³-hybridized carbons (Fsp3) is 0.571. The van der Waals surface area contributed by atoms with Crippen LogP contribution in [0.1, 0.15) is 17.7 Å². The lowest BCUT2D eigenvalue weighted by atomic mass is 10.0. The number of rotatable bonds is 3. The minimum atomic E-state index is 0.479. The highest BCUT2D eigenvalue weighted by atomic mass is 32.1. The van der Waals surface area contributed by atoms with E-state index in [0.717, 1.165) is 22.6 Å². The van der Waals surface area contributed by atoms with Crippen LogP contribution in [-0.4, -0.2) is 48.1 Å². The predicted molar refractivity (Wildman–Crippen MR) is 88.9 cm³/mol. The molecule has 0 saturated carbocycles. The summed E-state index contributed by atoms with van der Waals surface area (Å²) in [4.78, 5) is 15.9. The molecule has 0 bridgehead atoms. The lowest BCUT2D eigenvalue weighted by Gasteiger charge is -2.36. The van der Waals surface area contributed by atoms with Crippen molar-refractivity contribution in [1.82, 2.24) is 14.9 Å². The molecule has 0 spiro atoms. The molecule has 3 N–H and O–H groups in total. The number of aromatic nitrogens is 2. The van der Waals surface area contributed by atoms with Crippen molar-refractivity contribution in [3.05, 3.63) is 10.9 Å². The number of nitrogens with two attached hydrogens (primary N) is 1. The van der Waals surface area contributed by atoms with Gasteiger partial charge in [-0.15, -0.1) is 11.3 Å². The summed E-state index contributed by atoms with van der Waals surface area (Å²) in [5.41, 5.74) is 2.58. The molecule has 0 aliphatic carbocycles. The Hall–Kier alpha value is -1.44. The standard InChI is InChI=1S/C14H22N6S/c1-9-7-11-12(16-14(18-15)17-13(11)21-9)20(3)10-5-4-6-19(2)8-10/h7,10H,4-6,8,15H2,1-3H3,(H,16,17,18). The van der Waals surface area contributed by atoms with Gasteiger partial charge in [0.25, 0.3) is 0 Å². The molecule has 1 aliphatic rings. The van der Waals surface area contributed by atoms with E-state index >= 15 is 0 Å². The maximum Gasteiger partial charge on any atom is 0.240 e. The first kappa shape index (κ1) is 14.5. The van der Waals surface area contributed by atoms with Crippen LogP contribution >= 0.6 is 11.3 Å². The van der Waals surface area contributed by atoms with E-state index in [1.807, 2.05) is 0 Å². The van der Waals surface area contributed by atoms with Gasteiger partial charge in [0.1, 0.15) is 10.6 Å². The number of nitrogen functional groups attached to an aromatic ring is 1. The Labute approximate surface area is 128 Å². The number of hydrogen-bond acceptors (Lipinski definition) is 7. The molecular weight excluding hydrogens is 284 g/mol. The summed E-state index contributed by atoms with van der Waals surface area (Å²) in [6.45, 7) is 4.34. The van der Waals surface area contributed by atoms with Gasteiger partial charge in [0.05, 0.1) is 5.39 Å². The molecule has 0 radical (unpaired) electrons. The SMILES string of the molecule is Cc1cc2c(N(C)C3CCCN(C)C3)nc(NN)nc2s1.